The molecule has 18 heavy (non-hydrogen) atoms. The molecule has 3 heteroatoms. The van der Waals surface area contributed by atoms with E-state index in [2.05, 4.69) is 11.9 Å². The fraction of sp³-hybridized carbons (Fsp3) is 0.667. The summed E-state index contributed by atoms with van der Waals surface area (Å²) in [6.45, 7) is 13.1. The minimum atomic E-state index is -0.519. The molecule has 2 N–H and O–H groups in total. The first-order chi connectivity index (χ1) is 8.29. The first-order valence-corrected chi connectivity index (χ1v) is 6.55. The Hall–Kier alpha value is -0.930. The Balaban J connectivity index is 4.35. The van der Waals surface area contributed by atoms with E-state index in [0.717, 1.165) is 0 Å². The van der Waals surface area contributed by atoms with Crippen LogP contribution in [-0.2, 0) is 4.79 Å². The largest absolute Gasteiger partial charge is 0.389 e. The number of Topliss-reactive ketones (excluding diaryl/α,β-unsaturated/α-hetero) is 1. The highest BCUT2D eigenvalue weighted by atomic mass is 16.3. The zero-order valence-corrected chi connectivity index (χ0v) is 12.2. The molecule has 0 aliphatic rings. The van der Waals surface area contributed by atoms with Crippen molar-refractivity contribution in [3.05, 3.63) is 24.8 Å². The molecule has 0 saturated heterocycles. The van der Waals surface area contributed by atoms with Gasteiger partial charge in [-0.1, -0.05) is 32.1 Å². The van der Waals surface area contributed by atoms with Crippen LogP contribution in [0.15, 0.2) is 24.8 Å². The number of aliphatic hydroxyl groups excluding tert-OH is 1. The molecule has 0 radical (unpaired) electrons. The third kappa shape index (κ3) is 6.12. The van der Waals surface area contributed by atoms with Gasteiger partial charge < -0.3 is 10.4 Å². The smallest absolute Gasteiger partial charge is 0.146 e. The Morgan fingerprint density at radius 1 is 1.22 bits per heavy atom. The van der Waals surface area contributed by atoms with E-state index in [1.807, 2.05) is 39.8 Å². The molecule has 0 amide bonds. The van der Waals surface area contributed by atoms with Crippen LogP contribution in [0.1, 0.15) is 34.6 Å². The standard InChI is InChI=1S/C15H27NO2/c1-7-10(2)8-9-15(18)11(3)12(4)16-13(5)14(6)17/h7-13,15-16,18H,1H2,2-6H3/b9-8+/t10?,11-,12+,13+,15?/m1/s1. The van der Waals surface area contributed by atoms with Crippen molar-refractivity contribution >= 4 is 5.78 Å². The van der Waals surface area contributed by atoms with E-state index in [9.17, 15) is 9.90 Å². The van der Waals surface area contributed by atoms with Gasteiger partial charge in [0.25, 0.3) is 0 Å². The summed E-state index contributed by atoms with van der Waals surface area (Å²) in [4.78, 5) is 11.2. The topological polar surface area (TPSA) is 49.3 Å². The Morgan fingerprint density at radius 3 is 2.22 bits per heavy atom. The van der Waals surface area contributed by atoms with Crippen molar-refractivity contribution < 1.29 is 9.90 Å². The molecule has 3 nitrogen and oxygen atoms in total. The monoisotopic (exact) mass is 253 g/mol. The predicted molar refractivity (Wildman–Crippen MR) is 76.4 cm³/mol. The fourth-order valence-corrected chi connectivity index (χ4v) is 1.50. The summed E-state index contributed by atoms with van der Waals surface area (Å²) >= 11 is 0. The lowest BCUT2D eigenvalue weighted by Gasteiger charge is -2.26. The summed E-state index contributed by atoms with van der Waals surface area (Å²) in [7, 11) is 0. The van der Waals surface area contributed by atoms with Gasteiger partial charge >= 0.3 is 0 Å². The summed E-state index contributed by atoms with van der Waals surface area (Å²) in [5.74, 6) is 0.408. The van der Waals surface area contributed by atoms with E-state index < -0.39 is 6.10 Å². The van der Waals surface area contributed by atoms with Crippen molar-refractivity contribution in [3.63, 3.8) is 0 Å². The molecule has 0 saturated carbocycles. The van der Waals surface area contributed by atoms with Crippen LogP contribution in [0.4, 0.5) is 0 Å². The van der Waals surface area contributed by atoms with Crippen molar-refractivity contribution in [1.29, 1.82) is 0 Å². The number of hydrogen-bond donors (Lipinski definition) is 2. The molecule has 0 bridgehead atoms. The van der Waals surface area contributed by atoms with Crippen LogP contribution in [0.5, 0.6) is 0 Å². The minimum Gasteiger partial charge on any atom is -0.389 e. The normalized spacial score (nSPS) is 20.1. The molecular weight excluding hydrogens is 226 g/mol. The predicted octanol–water partition coefficient (Wildman–Crippen LogP) is 2.32. The zero-order valence-electron chi connectivity index (χ0n) is 12.2. The average Bonchev–Trinajstić information content (AvgIpc) is 2.33. The van der Waals surface area contributed by atoms with Gasteiger partial charge in [-0.25, -0.2) is 0 Å². The molecule has 2 unspecified atom stereocenters. The molecule has 0 aliphatic carbocycles. The first-order valence-electron chi connectivity index (χ1n) is 6.55. The minimum absolute atomic E-state index is 0.0417. The molecule has 0 rings (SSSR count). The molecule has 0 heterocycles. The van der Waals surface area contributed by atoms with E-state index >= 15 is 0 Å². The van der Waals surface area contributed by atoms with Crippen molar-refractivity contribution in [1.82, 2.24) is 5.32 Å². The summed E-state index contributed by atoms with van der Waals surface area (Å²) < 4.78 is 0. The number of ketones is 1. The third-order valence-corrected chi connectivity index (χ3v) is 3.43. The molecular formula is C15H27NO2. The van der Waals surface area contributed by atoms with Crippen LogP contribution < -0.4 is 5.32 Å². The summed E-state index contributed by atoms with van der Waals surface area (Å²) in [6.07, 6.45) is 5.05. The maximum Gasteiger partial charge on any atom is 0.146 e. The Kier molecular flexibility index (Phi) is 7.80. The highest BCUT2D eigenvalue weighted by Crippen LogP contribution is 2.12. The molecule has 0 aromatic rings. The van der Waals surface area contributed by atoms with Gasteiger partial charge in [0.15, 0.2) is 0 Å². The Morgan fingerprint density at radius 2 is 1.78 bits per heavy atom. The quantitative estimate of drug-likeness (QED) is 0.653. The fourth-order valence-electron chi connectivity index (χ4n) is 1.50. The number of aliphatic hydroxyl groups is 1. The zero-order chi connectivity index (χ0) is 14.3. The second-order valence-electron chi connectivity index (χ2n) is 5.12. The van der Waals surface area contributed by atoms with Crippen molar-refractivity contribution in [3.8, 4) is 0 Å². The van der Waals surface area contributed by atoms with Crippen molar-refractivity contribution in [2.24, 2.45) is 11.8 Å². The molecule has 0 aromatic carbocycles. The highest BCUT2D eigenvalue weighted by molar-refractivity contribution is 5.80. The van der Waals surface area contributed by atoms with Crippen LogP contribution in [-0.4, -0.2) is 29.1 Å². The molecule has 0 aromatic heterocycles. The van der Waals surface area contributed by atoms with E-state index in [4.69, 9.17) is 0 Å². The highest BCUT2D eigenvalue weighted by Gasteiger charge is 2.21. The summed E-state index contributed by atoms with van der Waals surface area (Å²) in [6, 6.07) is -0.103. The van der Waals surface area contributed by atoms with Crippen LogP contribution in [0.2, 0.25) is 0 Å². The summed E-state index contributed by atoms with van der Waals surface area (Å²) in [5, 5.41) is 13.2. The van der Waals surface area contributed by atoms with Gasteiger partial charge in [-0.2, -0.15) is 0 Å². The lowest BCUT2D eigenvalue weighted by Crippen LogP contribution is -2.44. The van der Waals surface area contributed by atoms with Gasteiger partial charge in [-0.15, -0.1) is 6.58 Å². The number of nitrogens with one attached hydrogen (secondary N) is 1. The van der Waals surface area contributed by atoms with Crippen LogP contribution in [0.25, 0.3) is 0 Å². The molecule has 0 fully saturated rings. The first kappa shape index (κ1) is 17.1. The van der Waals surface area contributed by atoms with E-state index in [1.54, 1.807) is 13.0 Å². The summed E-state index contributed by atoms with van der Waals surface area (Å²) in [5.41, 5.74) is 0. The number of allylic oxidation sites excluding steroid dienone is 2. The van der Waals surface area contributed by atoms with Crippen LogP contribution in [0, 0.1) is 11.8 Å². The van der Waals surface area contributed by atoms with Gasteiger partial charge in [0.05, 0.1) is 12.1 Å². The van der Waals surface area contributed by atoms with Gasteiger partial charge in [-0.3, -0.25) is 4.79 Å². The van der Waals surface area contributed by atoms with E-state index in [1.165, 1.54) is 0 Å². The van der Waals surface area contributed by atoms with Gasteiger partial charge in [0, 0.05) is 12.0 Å². The average molecular weight is 253 g/mol. The Bertz CT molecular complexity index is 299. The second kappa shape index (κ2) is 8.22. The molecule has 0 aliphatic heterocycles. The maximum atomic E-state index is 11.2. The Labute approximate surface area is 111 Å². The number of carbonyl (C=O) groups is 1. The SMILES string of the molecule is C=CC(C)/C=C/C(O)[C@H](C)[C@H](C)N[C@@H](C)C(C)=O. The number of rotatable bonds is 8. The molecule has 104 valence electrons. The van der Waals surface area contributed by atoms with Crippen LogP contribution >= 0.6 is 0 Å². The molecule has 0 spiro atoms. The second-order valence-corrected chi connectivity index (χ2v) is 5.12. The van der Waals surface area contributed by atoms with E-state index in [0.29, 0.717) is 0 Å². The molecule has 5 atom stereocenters. The third-order valence-electron chi connectivity index (χ3n) is 3.43. The van der Waals surface area contributed by atoms with E-state index in [-0.39, 0.29) is 29.7 Å². The number of carbonyl (C=O) groups excluding carboxylic acids is 1. The maximum absolute atomic E-state index is 11.2. The number of hydrogen-bond acceptors (Lipinski definition) is 3. The lowest BCUT2D eigenvalue weighted by atomic mass is 9.95. The lowest BCUT2D eigenvalue weighted by molar-refractivity contribution is -0.118. The van der Waals surface area contributed by atoms with Gasteiger partial charge in [0.1, 0.15) is 5.78 Å². The van der Waals surface area contributed by atoms with Crippen molar-refractivity contribution in [2.75, 3.05) is 0 Å². The van der Waals surface area contributed by atoms with Gasteiger partial charge in [-0.05, 0) is 26.7 Å². The van der Waals surface area contributed by atoms with Crippen molar-refractivity contribution in [2.45, 2.75) is 52.8 Å². The van der Waals surface area contributed by atoms with Crippen LogP contribution in [0.3, 0.4) is 0 Å². The van der Waals surface area contributed by atoms with Gasteiger partial charge in [0.2, 0.25) is 0 Å².